The number of methoxy groups -OCH3 is 1. The molecule has 0 saturated heterocycles. The average molecular weight is 258 g/mol. The lowest BCUT2D eigenvalue weighted by atomic mass is 10.2. The molecule has 0 amide bonds. The molecule has 2 N–H and O–H groups in total. The molecule has 18 heavy (non-hydrogen) atoms. The lowest BCUT2D eigenvalue weighted by molar-refractivity contribution is -0.402. The Morgan fingerprint density at radius 3 is 2.72 bits per heavy atom. The van der Waals surface area contributed by atoms with Crippen LogP contribution >= 0.6 is 0 Å². The molecule has 0 saturated carbocycles. The zero-order chi connectivity index (χ0) is 13.7. The number of carbonyl (C=O) groups excluding carboxylic acids is 1. The molecule has 1 rings (SSSR count). The quantitative estimate of drug-likeness (QED) is 0.416. The minimum absolute atomic E-state index is 0.168. The van der Waals surface area contributed by atoms with Gasteiger partial charge in [0.1, 0.15) is 10.7 Å². The van der Waals surface area contributed by atoms with E-state index >= 15 is 0 Å². The van der Waals surface area contributed by atoms with Crippen LogP contribution in [0.5, 0.6) is 0 Å². The fourth-order valence-corrected chi connectivity index (χ4v) is 1.16. The van der Waals surface area contributed by atoms with Gasteiger partial charge >= 0.3 is 17.8 Å². The van der Waals surface area contributed by atoms with E-state index in [1.165, 1.54) is 0 Å². The van der Waals surface area contributed by atoms with Gasteiger partial charge < -0.3 is 14.3 Å². The minimum Gasteiger partial charge on any atom is -0.480 e. The molecule has 1 unspecified atom stereocenters. The summed E-state index contributed by atoms with van der Waals surface area (Å²) in [6.07, 6.45) is 0. The highest BCUT2D eigenvalue weighted by atomic mass is 16.6. The van der Waals surface area contributed by atoms with E-state index in [9.17, 15) is 19.7 Å². The molecular formula is C9H10N2O7. The monoisotopic (exact) mass is 258 g/mol. The maximum atomic E-state index is 10.9. The van der Waals surface area contributed by atoms with E-state index in [1.807, 2.05) is 0 Å². The molecule has 1 aromatic rings. The molecule has 0 aliphatic rings. The molecule has 1 aromatic heterocycles. The number of nitrogens with zero attached hydrogens (tertiary/aromatic N) is 1. The first-order valence-corrected chi connectivity index (χ1v) is 4.73. The molecule has 0 aliphatic heterocycles. The molecular weight excluding hydrogens is 248 g/mol. The minimum atomic E-state index is -1.36. The summed E-state index contributed by atoms with van der Waals surface area (Å²) < 4.78 is 9.07. The van der Waals surface area contributed by atoms with Crippen molar-refractivity contribution in [3.8, 4) is 0 Å². The summed E-state index contributed by atoms with van der Waals surface area (Å²) in [5.74, 6) is -2.74. The largest absolute Gasteiger partial charge is 0.480 e. The van der Waals surface area contributed by atoms with Crippen LogP contribution in [0.4, 0.5) is 5.88 Å². The predicted octanol–water partition coefficient (Wildman–Crippen LogP) is 0.0761. The van der Waals surface area contributed by atoms with Gasteiger partial charge in [0.2, 0.25) is 0 Å². The van der Waals surface area contributed by atoms with Crippen molar-refractivity contribution in [3.05, 3.63) is 28.0 Å². The van der Waals surface area contributed by atoms with Gasteiger partial charge in [0.25, 0.3) is 0 Å². The number of carbonyl (C=O) groups is 2. The number of ether oxygens (including phenoxy) is 1. The molecule has 0 aromatic carbocycles. The van der Waals surface area contributed by atoms with Crippen LogP contribution in [0.25, 0.3) is 0 Å². The van der Waals surface area contributed by atoms with Gasteiger partial charge in [-0.05, 0) is 6.07 Å². The van der Waals surface area contributed by atoms with Crippen molar-refractivity contribution in [2.75, 3.05) is 13.7 Å². The SMILES string of the molecule is COC(=O)CNC(C(=O)O)c1ccc([N+](=O)[O-])o1. The predicted molar refractivity (Wildman–Crippen MR) is 55.8 cm³/mol. The number of hydrogen-bond acceptors (Lipinski definition) is 7. The Labute approximate surface area is 100 Å². The third kappa shape index (κ3) is 3.28. The zero-order valence-corrected chi connectivity index (χ0v) is 9.28. The second-order valence-corrected chi connectivity index (χ2v) is 3.16. The molecule has 0 bridgehead atoms. The van der Waals surface area contributed by atoms with Gasteiger partial charge in [0, 0.05) is 0 Å². The molecule has 0 radical (unpaired) electrons. The Kier molecular flexibility index (Phi) is 4.38. The molecule has 0 spiro atoms. The Balaban J connectivity index is 2.80. The van der Waals surface area contributed by atoms with Crippen LogP contribution in [0.1, 0.15) is 11.8 Å². The van der Waals surface area contributed by atoms with Gasteiger partial charge in [-0.1, -0.05) is 0 Å². The van der Waals surface area contributed by atoms with Crippen LogP contribution < -0.4 is 5.32 Å². The van der Waals surface area contributed by atoms with Crippen LogP contribution in [0.3, 0.4) is 0 Å². The molecule has 98 valence electrons. The number of carboxylic acid groups (broad SMARTS) is 1. The third-order valence-electron chi connectivity index (χ3n) is 2.00. The number of carboxylic acids is 1. The van der Waals surface area contributed by atoms with E-state index in [-0.39, 0.29) is 12.3 Å². The van der Waals surface area contributed by atoms with Gasteiger partial charge in [-0.15, -0.1) is 0 Å². The number of rotatable bonds is 6. The lowest BCUT2D eigenvalue weighted by Gasteiger charge is -2.10. The summed E-state index contributed by atoms with van der Waals surface area (Å²) >= 11 is 0. The molecule has 1 atom stereocenters. The van der Waals surface area contributed by atoms with Crippen LogP contribution in [0, 0.1) is 10.1 Å². The standard InChI is InChI=1S/C9H10N2O7/c1-17-7(12)4-10-8(9(13)14)5-2-3-6(18-5)11(15)16/h2-3,8,10H,4H2,1H3,(H,13,14). The van der Waals surface area contributed by atoms with Gasteiger partial charge in [-0.3, -0.25) is 25.0 Å². The normalized spacial score (nSPS) is 11.8. The van der Waals surface area contributed by atoms with Gasteiger partial charge in [-0.25, -0.2) is 0 Å². The third-order valence-corrected chi connectivity index (χ3v) is 2.00. The highest BCUT2D eigenvalue weighted by Gasteiger charge is 2.26. The highest BCUT2D eigenvalue weighted by molar-refractivity contribution is 5.77. The molecule has 9 nitrogen and oxygen atoms in total. The smallest absolute Gasteiger partial charge is 0.433 e. The Morgan fingerprint density at radius 2 is 2.28 bits per heavy atom. The number of furan rings is 1. The van der Waals surface area contributed by atoms with Crippen LogP contribution in [0.2, 0.25) is 0 Å². The van der Waals surface area contributed by atoms with Crippen LogP contribution in [-0.2, 0) is 14.3 Å². The number of hydrogen-bond donors (Lipinski definition) is 2. The van der Waals surface area contributed by atoms with Gasteiger partial charge in [-0.2, -0.15) is 0 Å². The Morgan fingerprint density at radius 1 is 1.61 bits per heavy atom. The van der Waals surface area contributed by atoms with Crippen molar-refractivity contribution in [2.24, 2.45) is 0 Å². The lowest BCUT2D eigenvalue weighted by Crippen LogP contribution is -2.33. The maximum absolute atomic E-state index is 10.9. The van der Waals surface area contributed by atoms with Crippen molar-refractivity contribution in [2.45, 2.75) is 6.04 Å². The van der Waals surface area contributed by atoms with E-state index in [0.29, 0.717) is 0 Å². The summed E-state index contributed by atoms with van der Waals surface area (Å²) in [5, 5.41) is 21.7. The van der Waals surface area contributed by atoms with E-state index in [0.717, 1.165) is 19.2 Å². The Hall–Kier alpha value is -2.42. The second kappa shape index (κ2) is 5.77. The number of aliphatic carboxylic acids is 1. The zero-order valence-electron chi connectivity index (χ0n) is 9.28. The van der Waals surface area contributed by atoms with Crippen molar-refractivity contribution in [3.63, 3.8) is 0 Å². The summed E-state index contributed by atoms with van der Waals surface area (Å²) in [4.78, 5) is 31.4. The van der Waals surface area contributed by atoms with Crippen molar-refractivity contribution in [1.82, 2.24) is 5.32 Å². The first-order valence-electron chi connectivity index (χ1n) is 4.73. The summed E-state index contributed by atoms with van der Waals surface area (Å²) in [6.45, 7) is -0.359. The van der Waals surface area contributed by atoms with Crippen LogP contribution in [0.15, 0.2) is 16.5 Å². The van der Waals surface area contributed by atoms with E-state index in [1.54, 1.807) is 0 Å². The second-order valence-electron chi connectivity index (χ2n) is 3.16. The maximum Gasteiger partial charge on any atom is 0.433 e. The van der Waals surface area contributed by atoms with Gasteiger partial charge in [0.05, 0.1) is 19.7 Å². The highest BCUT2D eigenvalue weighted by Crippen LogP contribution is 2.21. The summed E-state index contributed by atoms with van der Waals surface area (Å²) in [5.41, 5.74) is 0. The summed E-state index contributed by atoms with van der Waals surface area (Å²) in [6, 6.07) is 0.824. The first kappa shape index (κ1) is 13.6. The van der Waals surface area contributed by atoms with E-state index in [4.69, 9.17) is 9.52 Å². The average Bonchev–Trinajstić information content (AvgIpc) is 2.78. The topological polar surface area (TPSA) is 132 Å². The molecule has 1 heterocycles. The van der Waals surface area contributed by atoms with Crippen molar-refractivity contribution in [1.29, 1.82) is 0 Å². The van der Waals surface area contributed by atoms with Crippen molar-refractivity contribution >= 4 is 17.8 Å². The molecule has 9 heteroatoms. The fraction of sp³-hybridized carbons (Fsp3) is 0.333. The van der Waals surface area contributed by atoms with Gasteiger partial charge in [0.15, 0.2) is 6.04 Å². The van der Waals surface area contributed by atoms with Crippen molar-refractivity contribution < 1.29 is 28.8 Å². The molecule has 0 aliphatic carbocycles. The number of nitro groups is 1. The van der Waals surface area contributed by atoms with E-state index in [2.05, 4.69) is 10.1 Å². The van der Waals surface area contributed by atoms with Crippen LogP contribution in [-0.4, -0.2) is 35.6 Å². The Bertz CT molecular complexity index is 467. The molecule has 0 fully saturated rings. The fourth-order valence-electron chi connectivity index (χ4n) is 1.16. The van der Waals surface area contributed by atoms with E-state index < -0.39 is 28.8 Å². The number of nitrogens with one attached hydrogen (secondary N) is 1. The summed E-state index contributed by atoms with van der Waals surface area (Å²) in [7, 11) is 1.15. The first-order chi connectivity index (χ1) is 8.45. The number of esters is 1.